The lowest BCUT2D eigenvalue weighted by Crippen LogP contribution is -2.07. The molecule has 0 fully saturated rings. The van der Waals surface area contributed by atoms with Gasteiger partial charge in [-0.3, -0.25) is 0 Å². The molecule has 0 bridgehead atoms. The second-order valence-corrected chi connectivity index (χ2v) is 4.28. The Balaban J connectivity index is 3.64. The van der Waals surface area contributed by atoms with Crippen LogP contribution in [0, 0.1) is 34.6 Å². The van der Waals surface area contributed by atoms with Gasteiger partial charge in [0.25, 0.3) is 0 Å². The molecule has 1 rings (SSSR count). The molecule has 0 atom stereocenters. The molecule has 0 aliphatic carbocycles. The maximum absolute atomic E-state index is 11.0. The van der Waals surface area contributed by atoms with Crippen molar-refractivity contribution in [3.05, 3.63) is 40.0 Å². The normalized spacial score (nSPS) is 10.3. The number of rotatable bonds is 2. The lowest BCUT2D eigenvalue weighted by Gasteiger charge is -2.18. The maximum Gasteiger partial charge on any atom is 0.335 e. The van der Waals surface area contributed by atoms with Gasteiger partial charge in [-0.15, -0.1) is 0 Å². The highest BCUT2D eigenvalue weighted by Gasteiger charge is 2.17. The van der Waals surface area contributed by atoms with Crippen LogP contribution in [0.2, 0.25) is 0 Å². The van der Waals surface area contributed by atoms with Gasteiger partial charge in [0.1, 0.15) is 0 Å². The summed E-state index contributed by atoms with van der Waals surface area (Å²) in [7, 11) is 0. The van der Waals surface area contributed by atoms with Crippen LogP contribution in [0.25, 0.3) is 5.57 Å². The Bertz CT molecular complexity index is 453. The molecule has 1 aromatic rings. The van der Waals surface area contributed by atoms with Gasteiger partial charge >= 0.3 is 5.97 Å². The summed E-state index contributed by atoms with van der Waals surface area (Å²) in [5.41, 5.74) is 6.55. The molecule has 0 aliphatic rings. The van der Waals surface area contributed by atoms with Crippen molar-refractivity contribution in [2.75, 3.05) is 0 Å². The van der Waals surface area contributed by atoms with E-state index in [1.807, 2.05) is 27.7 Å². The van der Waals surface area contributed by atoms with E-state index in [4.69, 9.17) is 5.11 Å². The minimum atomic E-state index is -0.950. The molecule has 0 aromatic heterocycles. The highest BCUT2D eigenvalue weighted by molar-refractivity contribution is 6.15. The van der Waals surface area contributed by atoms with E-state index in [0.29, 0.717) is 0 Å². The summed E-state index contributed by atoms with van der Waals surface area (Å²) in [5.74, 6) is -0.950. The molecule has 0 aliphatic heterocycles. The Morgan fingerprint density at radius 2 is 1.19 bits per heavy atom. The molecule has 1 N–H and O–H groups in total. The fourth-order valence-electron chi connectivity index (χ4n) is 2.06. The fraction of sp³-hybridized carbons (Fsp3) is 0.357. The van der Waals surface area contributed by atoms with Gasteiger partial charge in [-0.2, -0.15) is 0 Å². The molecule has 0 amide bonds. The Morgan fingerprint density at radius 1 is 0.875 bits per heavy atom. The number of carboxylic acid groups (broad SMARTS) is 1. The third kappa shape index (κ3) is 1.75. The molecule has 0 spiro atoms. The minimum Gasteiger partial charge on any atom is -0.478 e. The molecular weight excluding hydrogens is 200 g/mol. The van der Waals surface area contributed by atoms with Crippen LogP contribution in [-0.4, -0.2) is 11.1 Å². The van der Waals surface area contributed by atoms with Gasteiger partial charge in [0.2, 0.25) is 0 Å². The maximum atomic E-state index is 11.0. The van der Waals surface area contributed by atoms with E-state index in [2.05, 4.69) is 13.5 Å². The van der Waals surface area contributed by atoms with Crippen molar-refractivity contribution in [1.29, 1.82) is 0 Å². The predicted octanol–water partition coefficient (Wildman–Crippen LogP) is 3.33. The molecule has 86 valence electrons. The highest BCUT2D eigenvalue weighted by atomic mass is 16.4. The number of carbonyl (C=O) groups is 1. The van der Waals surface area contributed by atoms with Crippen molar-refractivity contribution < 1.29 is 9.90 Å². The second kappa shape index (κ2) is 4.12. The fourth-order valence-corrected chi connectivity index (χ4v) is 2.06. The molecule has 0 unspecified atom stereocenters. The summed E-state index contributed by atoms with van der Waals surface area (Å²) < 4.78 is 0. The predicted molar refractivity (Wildman–Crippen MR) is 66.8 cm³/mol. The van der Waals surface area contributed by atoms with Crippen molar-refractivity contribution >= 4 is 11.5 Å². The van der Waals surface area contributed by atoms with Crippen LogP contribution in [0.1, 0.15) is 33.4 Å². The van der Waals surface area contributed by atoms with Gasteiger partial charge in [0.15, 0.2) is 0 Å². The number of hydrogen-bond acceptors (Lipinski definition) is 1. The molecule has 1 aromatic carbocycles. The molecule has 2 heteroatoms. The molecular formula is C14H18O2. The first-order valence-corrected chi connectivity index (χ1v) is 5.28. The Hall–Kier alpha value is -1.57. The zero-order chi connectivity index (χ0) is 12.6. The van der Waals surface area contributed by atoms with Gasteiger partial charge in [-0.05, 0) is 68.0 Å². The first kappa shape index (κ1) is 12.5. The summed E-state index contributed by atoms with van der Waals surface area (Å²) in [6.07, 6.45) is 0. The summed E-state index contributed by atoms with van der Waals surface area (Å²) in [6, 6.07) is 0. The molecule has 2 nitrogen and oxygen atoms in total. The van der Waals surface area contributed by atoms with Gasteiger partial charge < -0.3 is 5.11 Å². The van der Waals surface area contributed by atoms with Gasteiger partial charge in [-0.1, -0.05) is 6.58 Å². The number of aliphatic carboxylic acids is 1. The third-order valence-electron chi connectivity index (χ3n) is 3.56. The molecule has 0 radical (unpaired) electrons. The van der Waals surface area contributed by atoms with Crippen LogP contribution in [0.5, 0.6) is 0 Å². The highest BCUT2D eigenvalue weighted by Crippen LogP contribution is 2.30. The van der Waals surface area contributed by atoms with Crippen molar-refractivity contribution in [1.82, 2.24) is 0 Å². The zero-order valence-corrected chi connectivity index (χ0v) is 10.6. The molecule has 0 saturated carbocycles. The smallest absolute Gasteiger partial charge is 0.335 e. The van der Waals surface area contributed by atoms with E-state index in [0.717, 1.165) is 27.8 Å². The van der Waals surface area contributed by atoms with Gasteiger partial charge in [0, 0.05) is 0 Å². The minimum absolute atomic E-state index is 0.182. The topological polar surface area (TPSA) is 37.3 Å². The van der Waals surface area contributed by atoms with Crippen molar-refractivity contribution in [2.45, 2.75) is 34.6 Å². The van der Waals surface area contributed by atoms with Gasteiger partial charge in [-0.25, -0.2) is 4.79 Å². The number of benzene rings is 1. The van der Waals surface area contributed by atoms with Crippen LogP contribution in [-0.2, 0) is 4.79 Å². The average Bonchev–Trinajstić information content (AvgIpc) is 2.23. The lowest BCUT2D eigenvalue weighted by molar-refractivity contribution is -0.130. The monoisotopic (exact) mass is 218 g/mol. The van der Waals surface area contributed by atoms with Crippen LogP contribution < -0.4 is 0 Å². The van der Waals surface area contributed by atoms with Crippen LogP contribution >= 0.6 is 0 Å². The van der Waals surface area contributed by atoms with E-state index in [9.17, 15) is 4.79 Å². The Morgan fingerprint density at radius 3 is 1.50 bits per heavy atom. The summed E-state index contributed by atoms with van der Waals surface area (Å²) >= 11 is 0. The molecule has 16 heavy (non-hydrogen) atoms. The van der Waals surface area contributed by atoms with E-state index in [1.165, 1.54) is 5.56 Å². The van der Waals surface area contributed by atoms with Crippen molar-refractivity contribution in [3.63, 3.8) is 0 Å². The standard InChI is InChI=1S/C14H18O2/c1-7-8(2)10(4)13(11(5)9(7)3)12(6)14(15)16/h6H2,1-5H3,(H,15,16). The zero-order valence-electron chi connectivity index (χ0n) is 10.6. The summed E-state index contributed by atoms with van der Waals surface area (Å²) in [5, 5.41) is 9.04. The summed E-state index contributed by atoms with van der Waals surface area (Å²) in [4.78, 5) is 11.0. The van der Waals surface area contributed by atoms with Crippen molar-refractivity contribution in [3.8, 4) is 0 Å². The van der Waals surface area contributed by atoms with E-state index in [1.54, 1.807) is 0 Å². The first-order valence-electron chi connectivity index (χ1n) is 5.28. The largest absolute Gasteiger partial charge is 0.478 e. The molecule has 0 heterocycles. The number of carboxylic acids is 1. The van der Waals surface area contributed by atoms with E-state index in [-0.39, 0.29) is 5.57 Å². The van der Waals surface area contributed by atoms with Gasteiger partial charge in [0.05, 0.1) is 5.57 Å². The Labute approximate surface area is 96.6 Å². The van der Waals surface area contributed by atoms with E-state index < -0.39 is 5.97 Å². The SMILES string of the molecule is C=C(C(=O)O)c1c(C)c(C)c(C)c(C)c1C. The van der Waals surface area contributed by atoms with Crippen LogP contribution in [0.4, 0.5) is 0 Å². The van der Waals surface area contributed by atoms with Crippen LogP contribution in [0.3, 0.4) is 0 Å². The second-order valence-electron chi connectivity index (χ2n) is 4.28. The van der Waals surface area contributed by atoms with Crippen LogP contribution in [0.15, 0.2) is 6.58 Å². The number of hydrogen-bond donors (Lipinski definition) is 1. The van der Waals surface area contributed by atoms with E-state index >= 15 is 0 Å². The van der Waals surface area contributed by atoms with Crippen molar-refractivity contribution in [2.24, 2.45) is 0 Å². The third-order valence-corrected chi connectivity index (χ3v) is 3.56. The molecule has 0 saturated heterocycles. The summed E-state index contributed by atoms with van der Waals surface area (Å²) in [6.45, 7) is 13.7. The quantitative estimate of drug-likeness (QED) is 0.773. The lowest BCUT2D eigenvalue weighted by atomic mass is 9.86. The average molecular weight is 218 g/mol. The Kier molecular flexibility index (Phi) is 3.22. The first-order chi connectivity index (χ1) is 7.29.